The van der Waals surface area contributed by atoms with Crippen molar-refractivity contribution in [3.8, 4) is 5.75 Å². The topological polar surface area (TPSA) is 62.6 Å². The number of ether oxygens (including phenoxy) is 1. The van der Waals surface area contributed by atoms with E-state index in [9.17, 15) is 4.79 Å². The fraction of sp³-hybridized carbons (Fsp3) is 0.360. The van der Waals surface area contributed by atoms with Gasteiger partial charge in [0.1, 0.15) is 17.6 Å². The highest BCUT2D eigenvalue weighted by molar-refractivity contribution is 5.75. The summed E-state index contributed by atoms with van der Waals surface area (Å²) in [4.78, 5) is 22.0. The van der Waals surface area contributed by atoms with Crippen LogP contribution in [-0.2, 0) is 13.6 Å². The molecule has 2 heterocycles. The number of nitrogens with one attached hydrogen (secondary N) is 1. The molecule has 0 radical (unpaired) electrons. The van der Waals surface area contributed by atoms with Gasteiger partial charge in [0.25, 0.3) is 0 Å². The van der Waals surface area contributed by atoms with Crippen LogP contribution in [0.15, 0.2) is 60.9 Å². The minimum absolute atomic E-state index is 0.0842. The number of amides is 2. The van der Waals surface area contributed by atoms with E-state index in [0.29, 0.717) is 13.1 Å². The molecular weight excluding hydrogens is 402 g/mol. The number of methoxy groups -OCH3 is 1. The van der Waals surface area contributed by atoms with Gasteiger partial charge in [-0.2, -0.15) is 0 Å². The number of urea groups is 1. The predicted molar refractivity (Wildman–Crippen MR) is 125 cm³/mol. The summed E-state index contributed by atoms with van der Waals surface area (Å²) in [5.74, 6) is 1.49. The first kappa shape index (κ1) is 21.9. The highest BCUT2D eigenvalue weighted by atomic mass is 16.5. The van der Waals surface area contributed by atoms with Gasteiger partial charge in [-0.15, -0.1) is 0 Å². The van der Waals surface area contributed by atoms with Crippen molar-refractivity contribution < 1.29 is 9.53 Å². The molecule has 7 nitrogen and oxygen atoms in total. The van der Waals surface area contributed by atoms with Crippen LogP contribution in [0, 0.1) is 6.92 Å². The second kappa shape index (κ2) is 9.87. The zero-order chi connectivity index (χ0) is 22.5. The zero-order valence-electron chi connectivity index (χ0n) is 19.0. The number of hydrogen-bond acceptors (Lipinski definition) is 4. The minimum atomic E-state index is -0.399. The Morgan fingerprint density at radius 1 is 1.12 bits per heavy atom. The van der Waals surface area contributed by atoms with E-state index in [1.165, 1.54) is 11.1 Å². The first-order valence-corrected chi connectivity index (χ1v) is 11.0. The maximum Gasteiger partial charge on any atom is 0.318 e. The molecule has 0 bridgehead atoms. The third-order valence-electron chi connectivity index (χ3n) is 5.98. The van der Waals surface area contributed by atoms with E-state index >= 15 is 0 Å². The van der Waals surface area contributed by atoms with Crippen LogP contribution in [0.3, 0.4) is 0 Å². The second-order valence-electron chi connectivity index (χ2n) is 8.27. The highest BCUT2D eigenvalue weighted by Gasteiger charge is 2.28. The van der Waals surface area contributed by atoms with Gasteiger partial charge in [-0.05, 0) is 18.6 Å². The molecule has 168 valence electrons. The number of imidazole rings is 1. The largest absolute Gasteiger partial charge is 0.496 e. The van der Waals surface area contributed by atoms with E-state index in [0.717, 1.165) is 36.8 Å². The van der Waals surface area contributed by atoms with Crippen molar-refractivity contribution in [2.75, 3.05) is 33.3 Å². The number of nitrogens with zero attached hydrogens (tertiary/aromatic N) is 4. The Labute approximate surface area is 189 Å². The average Bonchev–Trinajstić information content (AvgIpc) is 3.23. The van der Waals surface area contributed by atoms with Crippen molar-refractivity contribution in [3.63, 3.8) is 0 Å². The van der Waals surface area contributed by atoms with Crippen molar-refractivity contribution in [2.24, 2.45) is 7.05 Å². The Bertz CT molecular complexity index is 1060. The van der Waals surface area contributed by atoms with Crippen molar-refractivity contribution >= 4 is 6.03 Å². The molecule has 1 N–H and O–H groups in total. The normalized spacial score (nSPS) is 15.4. The van der Waals surface area contributed by atoms with Crippen LogP contribution >= 0.6 is 0 Å². The van der Waals surface area contributed by atoms with E-state index in [1.807, 2.05) is 47.0 Å². The molecule has 1 fully saturated rings. The molecule has 1 unspecified atom stereocenters. The fourth-order valence-electron chi connectivity index (χ4n) is 4.23. The van der Waals surface area contributed by atoms with Crippen LogP contribution in [0.2, 0.25) is 0 Å². The number of piperazine rings is 1. The van der Waals surface area contributed by atoms with Crippen LogP contribution in [0.25, 0.3) is 0 Å². The van der Waals surface area contributed by atoms with Gasteiger partial charge in [-0.1, -0.05) is 48.0 Å². The Balaban J connectivity index is 1.43. The lowest BCUT2D eigenvalue weighted by atomic mass is 10.0. The molecule has 1 aliphatic rings. The lowest BCUT2D eigenvalue weighted by molar-refractivity contribution is 0.134. The van der Waals surface area contributed by atoms with Crippen molar-refractivity contribution in [3.05, 3.63) is 83.4 Å². The van der Waals surface area contributed by atoms with Crippen molar-refractivity contribution in [2.45, 2.75) is 19.5 Å². The number of carbonyl (C=O) groups excluding carboxylic acids is 1. The molecule has 0 aliphatic carbocycles. The predicted octanol–water partition coefficient (Wildman–Crippen LogP) is 3.35. The molecule has 0 spiro atoms. The lowest BCUT2D eigenvalue weighted by Gasteiger charge is -2.35. The van der Waals surface area contributed by atoms with Gasteiger partial charge in [-0.3, -0.25) is 4.90 Å². The summed E-state index contributed by atoms with van der Waals surface area (Å²) in [5, 5.41) is 3.20. The van der Waals surface area contributed by atoms with E-state index in [1.54, 1.807) is 13.3 Å². The molecule has 2 amide bonds. The molecule has 3 aromatic rings. The van der Waals surface area contributed by atoms with E-state index in [-0.39, 0.29) is 6.03 Å². The summed E-state index contributed by atoms with van der Waals surface area (Å²) in [6.45, 7) is 6.11. The molecule has 1 aliphatic heterocycles. The standard InChI is InChI=1S/C25H31N5O2/c1-19-7-6-8-20(17-19)18-29-13-15-30(16-14-29)25(31)27-23(24-26-11-12-28(24)2)21-9-4-5-10-22(21)32-3/h4-12,17,23H,13-16,18H2,1-3H3,(H,27,31). The number of aromatic nitrogens is 2. The maximum absolute atomic E-state index is 13.2. The number of benzene rings is 2. The number of para-hydroxylation sites is 1. The Kier molecular flexibility index (Phi) is 6.75. The molecule has 1 atom stereocenters. The molecule has 2 aromatic carbocycles. The smallest absolute Gasteiger partial charge is 0.318 e. The summed E-state index contributed by atoms with van der Waals surface area (Å²) < 4.78 is 7.49. The molecule has 1 saturated heterocycles. The number of aryl methyl sites for hydroxylation is 2. The Morgan fingerprint density at radius 2 is 1.91 bits per heavy atom. The number of hydrogen-bond donors (Lipinski definition) is 1. The molecule has 0 saturated carbocycles. The summed E-state index contributed by atoms with van der Waals surface area (Å²) in [6, 6.07) is 15.9. The van der Waals surface area contributed by atoms with Gasteiger partial charge in [0.05, 0.1) is 7.11 Å². The van der Waals surface area contributed by atoms with Gasteiger partial charge in [0.15, 0.2) is 0 Å². The SMILES string of the molecule is COc1ccccc1C(NC(=O)N1CCN(Cc2cccc(C)c2)CC1)c1nccn1C. The second-order valence-corrected chi connectivity index (χ2v) is 8.27. The quantitative estimate of drug-likeness (QED) is 0.648. The van der Waals surface area contributed by atoms with Gasteiger partial charge < -0.3 is 19.5 Å². The highest BCUT2D eigenvalue weighted by Crippen LogP contribution is 2.29. The van der Waals surface area contributed by atoms with E-state index < -0.39 is 6.04 Å². The van der Waals surface area contributed by atoms with Crippen LogP contribution in [0.5, 0.6) is 5.75 Å². The fourth-order valence-corrected chi connectivity index (χ4v) is 4.23. The average molecular weight is 434 g/mol. The van der Waals surface area contributed by atoms with E-state index in [4.69, 9.17) is 4.74 Å². The van der Waals surface area contributed by atoms with Gasteiger partial charge in [-0.25, -0.2) is 9.78 Å². The molecule has 32 heavy (non-hydrogen) atoms. The lowest BCUT2D eigenvalue weighted by Crippen LogP contribution is -2.52. The number of rotatable bonds is 6. The number of carbonyl (C=O) groups is 1. The first-order chi connectivity index (χ1) is 15.5. The summed E-state index contributed by atoms with van der Waals surface area (Å²) >= 11 is 0. The molecular formula is C25H31N5O2. The minimum Gasteiger partial charge on any atom is -0.496 e. The van der Waals surface area contributed by atoms with Crippen molar-refractivity contribution in [1.29, 1.82) is 0 Å². The van der Waals surface area contributed by atoms with Crippen LogP contribution in [0.4, 0.5) is 4.79 Å². The summed E-state index contributed by atoms with van der Waals surface area (Å²) in [6.07, 6.45) is 3.63. The Hall–Kier alpha value is -3.32. The zero-order valence-corrected chi connectivity index (χ0v) is 19.0. The summed E-state index contributed by atoms with van der Waals surface area (Å²) in [5.41, 5.74) is 3.47. The summed E-state index contributed by atoms with van der Waals surface area (Å²) in [7, 11) is 3.57. The van der Waals surface area contributed by atoms with Gasteiger partial charge in [0.2, 0.25) is 0 Å². The first-order valence-electron chi connectivity index (χ1n) is 11.0. The van der Waals surface area contributed by atoms with Gasteiger partial charge >= 0.3 is 6.03 Å². The molecule has 7 heteroatoms. The molecule has 4 rings (SSSR count). The molecule has 1 aromatic heterocycles. The Morgan fingerprint density at radius 3 is 2.59 bits per heavy atom. The third kappa shape index (κ3) is 4.94. The van der Waals surface area contributed by atoms with Crippen LogP contribution in [0.1, 0.15) is 28.6 Å². The monoisotopic (exact) mass is 433 g/mol. The maximum atomic E-state index is 13.2. The van der Waals surface area contributed by atoms with Crippen molar-refractivity contribution in [1.82, 2.24) is 24.7 Å². The van der Waals surface area contributed by atoms with E-state index in [2.05, 4.69) is 46.4 Å². The van der Waals surface area contributed by atoms with Crippen LogP contribution in [-0.4, -0.2) is 58.7 Å². The van der Waals surface area contributed by atoms with Gasteiger partial charge in [0, 0.05) is 57.7 Å². The van der Waals surface area contributed by atoms with Crippen LogP contribution < -0.4 is 10.1 Å². The third-order valence-corrected chi connectivity index (χ3v) is 5.98.